The quantitative estimate of drug-likeness (QED) is 0.363. The van der Waals surface area contributed by atoms with E-state index in [0.717, 1.165) is 0 Å². The number of rotatable bonds is 8. The van der Waals surface area contributed by atoms with Crippen LogP contribution in [-0.2, 0) is 9.53 Å². The number of carbonyl (C=O) groups is 2. The fraction of sp³-hybridized carbons (Fsp3) is 0.333. The van der Waals surface area contributed by atoms with Gasteiger partial charge < -0.3 is 19.5 Å². The molecule has 0 radical (unpaired) electrons. The number of ether oxygens (including phenoxy) is 3. The fourth-order valence-electron chi connectivity index (χ4n) is 3.93. The number of halogens is 3. The maximum absolute atomic E-state index is 13.0. The summed E-state index contributed by atoms with van der Waals surface area (Å²) in [6, 6.07) is 7.87. The number of carbonyl (C=O) groups excluding carboxylic acids is 2. The number of hydrogen-bond donors (Lipinski definition) is 1. The van der Waals surface area contributed by atoms with Crippen molar-refractivity contribution < 1.29 is 23.8 Å². The van der Waals surface area contributed by atoms with Gasteiger partial charge in [0.2, 0.25) is 0 Å². The number of benzene rings is 2. The molecule has 0 aromatic heterocycles. The highest BCUT2D eigenvalue weighted by Gasteiger charge is 2.36. The van der Waals surface area contributed by atoms with Crippen LogP contribution in [0.25, 0.3) is 0 Å². The summed E-state index contributed by atoms with van der Waals surface area (Å²) in [5, 5.41) is 3.57. The molecule has 2 aromatic carbocycles. The second-order valence-electron chi connectivity index (χ2n) is 7.45. The van der Waals surface area contributed by atoms with Gasteiger partial charge in [0.15, 0.2) is 0 Å². The number of nitrogens with one attached hydrogen (secondary N) is 1. The fourth-order valence-corrected chi connectivity index (χ4v) is 4.92. The smallest absolute Gasteiger partial charge is 0.314 e. The van der Waals surface area contributed by atoms with Gasteiger partial charge in [-0.25, -0.2) is 0 Å². The molecule has 1 aliphatic rings. The summed E-state index contributed by atoms with van der Waals surface area (Å²) in [6.07, 6.45) is 4.22. The average Bonchev–Trinajstić information content (AvgIpc) is 3.21. The van der Waals surface area contributed by atoms with Crippen LogP contribution in [-0.4, -0.2) is 38.7 Å². The van der Waals surface area contributed by atoms with E-state index < -0.39 is 11.8 Å². The normalized spacial score (nSPS) is 18.0. The molecule has 3 atom stereocenters. The number of esters is 1. The molecule has 0 aliphatic heterocycles. The minimum absolute atomic E-state index is 0.149. The molecule has 9 heteroatoms. The van der Waals surface area contributed by atoms with Crippen LogP contribution in [0.4, 0.5) is 0 Å². The Bertz CT molecular complexity index is 1050. The van der Waals surface area contributed by atoms with Gasteiger partial charge in [-0.3, -0.25) is 9.59 Å². The Balaban J connectivity index is 1.84. The number of methoxy groups -OCH3 is 2. The molecule has 0 heterocycles. The van der Waals surface area contributed by atoms with Crippen LogP contribution in [0.2, 0.25) is 15.1 Å². The first kappa shape index (κ1) is 25.2. The van der Waals surface area contributed by atoms with E-state index >= 15 is 0 Å². The lowest BCUT2D eigenvalue weighted by Crippen LogP contribution is -2.34. The lowest BCUT2D eigenvalue weighted by atomic mass is 9.84. The third-order valence-electron chi connectivity index (χ3n) is 5.41. The van der Waals surface area contributed by atoms with Crippen LogP contribution in [0.3, 0.4) is 0 Å². The SMILES string of the molecule is CCOC(=O)[C@H](c1cc(OC)ccc1OC)[C@H]1C=C[C@H](NC(=O)c2c(Cl)cc(Cl)cc2Cl)C1. The Morgan fingerprint density at radius 3 is 2.36 bits per heavy atom. The maximum Gasteiger partial charge on any atom is 0.314 e. The van der Waals surface area contributed by atoms with Gasteiger partial charge in [0, 0.05) is 16.6 Å². The Morgan fingerprint density at radius 1 is 1.06 bits per heavy atom. The summed E-state index contributed by atoms with van der Waals surface area (Å²) >= 11 is 18.3. The lowest BCUT2D eigenvalue weighted by molar-refractivity contribution is -0.146. The second kappa shape index (κ2) is 11.1. The van der Waals surface area contributed by atoms with Gasteiger partial charge in [-0.05, 0) is 49.6 Å². The number of allylic oxidation sites excluding steroid dienone is 1. The minimum atomic E-state index is -0.643. The highest BCUT2D eigenvalue weighted by atomic mass is 35.5. The first-order valence-electron chi connectivity index (χ1n) is 10.3. The summed E-state index contributed by atoms with van der Waals surface area (Å²) < 4.78 is 16.2. The molecular formula is C24H24Cl3NO5. The minimum Gasteiger partial charge on any atom is -0.497 e. The molecule has 33 heavy (non-hydrogen) atoms. The third-order valence-corrected chi connectivity index (χ3v) is 6.22. The van der Waals surface area contributed by atoms with Crippen LogP contribution in [0, 0.1) is 5.92 Å². The van der Waals surface area contributed by atoms with Gasteiger partial charge in [0.05, 0.1) is 42.4 Å². The van der Waals surface area contributed by atoms with Gasteiger partial charge >= 0.3 is 5.97 Å². The Hall–Kier alpha value is -2.41. The monoisotopic (exact) mass is 511 g/mol. The van der Waals surface area contributed by atoms with E-state index in [1.165, 1.54) is 12.1 Å². The summed E-state index contributed by atoms with van der Waals surface area (Å²) in [5.41, 5.74) is 0.803. The Labute approximate surface area is 207 Å². The summed E-state index contributed by atoms with van der Waals surface area (Å²) in [7, 11) is 3.10. The molecule has 0 saturated heterocycles. The van der Waals surface area contributed by atoms with Crippen molar-refractivity contribution in [3.63, 3.8) is 0 Å². The molecule has 0 unspecified atom stereocenters. The van der Waals surface area contributed by atoms with Crippen molar-refractivity contribution >= 4 is 46.7 Å². The van der Waals surface area contributed by atoms with Crippen molar-refractivity contribution in [2.24, 2.45) is 5.92 Å². The van der Waals surface area contributed by atoms with Crippen LogP contribution in [0.1, 0.15) is 35.2 Å². The number of hydrogen-bond acceptors (Lipinski definition) is 5. The van der Waals surface area contributed by atoms with Crippen molar-refractivity contribution in [1.29, 1.82) is 0 Å². The molecule has 3 rings (SSSR count). The highest BCUT2D eigenvalue weighted by molar-refractivity contribution is 6.42. The zero-order valence-electron chi connectivity index (χ0n) is 18.4. The molecule has 0 spiro atoms. The van der Waals surface area contributed by atoms with Gasteiger partial charge in [-0.1, -0.05) is 47.0 Å². The first-order valence-corrected chi connectivity index (χ1v) is 11.4. The summed E-state index contributed by atoms with van der Waals surface area (Å²) in [4.78, 5) is 25.8. The molecule has 1 N–H and O–H groups in total. The molecule has 0 fully saturated rings. The predicted molar refractivity (Wildman–Crippen MR) is 129 cm³/mol. The second-order valence-corrected chi connectivity index (χ2v) is 8.70. The molecule has 1 aliphatic carbocycles. The van der Waals surface area contributed by atoms with E-state index in [9.17, 15) is 9.59 Å². The molecule has 2 aromatic rings. The molecule has 176 valence electrons. The molecule has 0 saturated carbocycles. The summed E-state index contributed by atoms with van der Waals surface area (Å²) in [6.45, 7) is 2.00. The number of amides is 1. The van der Waals surface area contributed by atoms with E-state index in [1.54, 1.807) is 39.3 Å². The average molecular weight is 513 g/mol. The van der Waals surface area contributed by atoms with E-state index in [2.05, 4.69) is 5.32 Å². The standard InChI is InChI=1S/C24H24Cl3NO5/c1-4-33-24(30)21(17-12-16(31-2)7-8-20(17)32-3)13-5-6-15(9-13)28-23(29)22-18(26)10-14(25)11-19(22)27/h5-8,10-13,15,21H,4,9H2,1-3H3,(H,28,29)/t13-,15-,21-/m0/s1. The van der Waals surface area contributed by atoms with Gasteiger partial charge in [0.1, 0.15) is 11.5 Å². The van der Waals surface area contributed by atoms with E-state index in [-0.39, 0.29) is 40.1 Å². The van der Waals surface area contributed by atoms with Gasteiger partial charge in [-0.2, -0.15) is 0 Å². The van der Waals surface area contributed by atoms with Crippen molar-refractivity contribution in [1.82, 2.24) is 5.32 Å². The van der Waals surface area contributed by atoms with Crippen molar-refractivity contribution in [2.75, 3.05) is 20.8 Å². The largest absolute Gasteiger partial charge is 0.497 e. The van der Waals surface area contributed by atoms with E-state index in [1.807, 2.05) is 12.2 Å². The predicted octanol–water partition coefficient (Wildman–Crippen LogP) is 5.69. The molecular weight excluding hydrogens is 489 g/mol. The van der Waals surface area contributed by atoms with Crippen molar-refractivity contribution in [2.45, 2.75) is 25.3 Å². The Kier molecular flexibility index (Phi) is 8.51. The maximum atomic E-state index is 13.0. The van der Waals surface area contributed by atoms with Crippen LogP contribution >= 0.6 is 34.8 Å². The van der Waals surface area contributed by atoms with Crippen LogP contribution in [0.5, 0.6) is 11.5 Å². The molecule has 0 bridgehead atoms. The van der Waals surface area contributed by atoms with Crippen LogP contribution < -0.4 is 14.8 Å². The van der Waals surface area contributed by atoms with E-state index in [0.29, 0.717) is 28.5 Å². The van der Waals surface area contributed by atoms with Gasteiger partial charge in [-0.15, -0.1) is 0 Å². The third kappa shape index (κ3) is 5.75. The van der Waals surface area contributed by atoms with Crippen molar-refractivity contribution in [3.05, 3.63) is 68.7 Å². The van der Waals surface area contributed by atoms with Crippen molar-refractivity contribution in [3.8, 4) is 11.5 Å². The summed E-state index contributed by atoms with van der Waals surface area (Å²) in [5.74, 6) is -0.547. The Morgan fingerprint density at radius 2 is 1.76 bits per heavy atom. The molecule has 6 nitrogen and oxygen atoms in total. The topological polar surface area (TPSA) is 73.9 Å². The highest BCUT2D eigenvalue weighted by Crippen LogP contribution is 2.40. The zero-order chi connectivity index (χ0) is 24.1. The van der Waals surface area contributed by atoms with E-state index in [4.69, 9.17) is 49.0 Å². The zero-order valence-corrected chi connectivity index (χ0v) is 20.6. The first-order chi connectivity index (χ1) is 15.8. The van der Waals surface area contributed by atoms with Crippen LogP contribution in [0.15, 0.2) is 42.5 Å². The lowest BCUT2D eigenvalue weighted by Gasteiger charge is -2.24. The van der Waals surface area contributed by atoms with Gasteiger partial charge in [0.25, 0.3) is 5.91 Å². The molecule has 1 amide bonds.